The number of rotatable bonds is 3. The Kier molecular flexibility index (Phi) is 5.65. The van der Waals surface area contributed by atoms with Crippen molar-refractivity contribution in [1.29, 1.82) is 0 Å². The summed E-state index contributed by atoms with van der Waals surface area (Å²) in [6.45, 7) is 3.26. The number of nitrogens with zero attached hydrogens (tertiary/aromatic N) is 2. The zero-order valence-electron chi connectivity index (χ0n) is 13.4. The van der Waals surface area contributed by atoms with Crippen LogP contribution in [0.5, 0.6) is 5.75 Å². The number of piperidine rings is 3. The predicted molar refractivity (Wildman–Crippen MR) is 94.7 cm³/mol. The molecule has 0 radical (unpaired) electrons. The fraction of sp³-hybridized carbons (Fsp3) is 0.562. The van der Waals surface area contributed by atoms with Crippen LogP contribution >= 0.6 is 24.0 Å². The number of anilines is 1. The first-order valence-corrected chi connectivity index (χ1v) is 8.01. The van der Waals surface area contributed by atoms with E-state index in [4.69, 9.17) is 22.1 Å². The minimum Gasteiger partial charge on any atom is -0.496 e. The predicted octanol–water partition coefficient (Wildman–Crippen LogP) is 2.52. The van der Waals surface area contributed by atoms with Gasteiger partial charge in [0.1, 0.15) is 5.75 Å². The molecule has 3 aliphatic rings. The number of nitrogen functional groups attached to an aromatic ring is 1. The van der Waals surface area contributed by atoms with E-state index in [0.717, 1.165) is 19.6 Å². The van der Waals surface area contributed by atoms with Gasteiger partial charge in [-0.05, 0) is 37.9 Å². The van der Waals surface area contributed by atoms with Crippen LogP contribution in [0.1, 0.15) is 23.2 Å². The minimum atomic E-state index is -0.0579. The van der Waals surface area contributed by atoms with Crippen LogP contribution in [-0.4, -0.2) is 55.5 Å². The molecular weight excluding hydrogens is 337 g/mol. The van der Waals surface area contributed by atoms with Gasteiger partial charge in [0, 0.05) is 25.7 Å². The second-order valence-electron chi connectivity index (χ2n) is 6.20. The lowest BCUT2D eigenvalue weighted by molar-refractivity contribution is 0.0161. The third kappa shape index (κ3) is 3.37. The van der Waals surface area contributed by atoms with Gasteiger partial charge in [0.15, 0.2) is 0 Å². The SMILES string of the molecule is COc1cc(N)c(Cl)cc1C(=O)N(C)C1CN2CCC1CC2.Cl. The first kappa shape index (κ1) is 18.2. The lowest BCUT2D eigenvalue weighted by atomic mass is 9.83. The van der Waals surface area contributed by atoms with Crippen molar-refractivity contribution in [3.63, 3.8) is 0 Å². The number of likely N-dealkylation sites (N-methyl/N-ethyl adjacent to an activating group) is 1. The molecule has 1 unspecified atom stereocenters. The van der Waals surface area contributed by atoms with Crippen LogP contribution in [-0.2, 0) is 0 Å². The fourth-order valence-electron chi connectivity index (χ4n) is 3.62. The molecule has 3 heterocycles. The quantitative estimate of drug-likeness (QED) is 0.842. The normalized spacial score (nSPS) is 25.6. The van der Waals surface area contributed by atoms with Crippen molar-refractivity contribution < 1.29 is 9.53 Å². The number of halogens is 2. The monoisotopic (exact) mass is 359 g/mol. The van der Waals surface area contributed by atoms with Gasteiger partial charge in [0.2, 0.25) is 0 Å². The lowest BCUT2D eigenvalue weighted by Gasteiger charge is -2.48. The molecule has 2 bridgehead atoms. The number of hydrogen-bond donors (Lipinski definition) is 1. The second kappa shape index (κ2) is 7.16. The molecule has 0 saturated carbocycles. The van der Waals surface area contributed by atoms with E-state index in [0.29, 0.717) is 27.9 Å². The number of ether oxygens (including phenoxy) is 1. The molecule has 1 atom stereocenters. The van der Waals surface area contributed by atoms with E-state index in [1.807, 2.05) is 11.9 Å². The summed E-state index contributed by atoms with van der Waals surface area (Å²) in [5, 5.41) is 0.381. The molecule has 0 aliphatic carbocycles. The third-order valence-electron chi connectivity index (χ3n) is 4.99. The molecule has 1 aromatic rings. The summed E-state index contributed by atoms with van der Waals surface area (Å²) >= 11 is 6.08. The van der Waals surface area contributed by atoms with Gasteiger partial charge >= 0.3 is 0 Å². The molecule has 2 N–H and O–H groups in total. The van der Waals surface area contributed by atoms with Crippen molar-refractivity contribution in [3.8, 4) is 5.75 Å². The maximum absolute atomic E-state index is 12.9. The topological polar surface area (TPSA) is 58.8 Å². The first-order chi connectivity index (χ1) is 10.5. The van der Waals surface area contributed by atoms with Crippen molar-refractivity contribution in [2.45, 2.75) is 18.9 Å². The summed E-state index contributed by atoms with van der Waals surface area (Å²) in [6.07, 6.45) is 2.34. The molecule has 1 aromatic carbocycles. The van der Waals surface area contributed by atoms with Crippen LogP contribution in [0.15, 0.2) is 12.1 Å². The lowest BCUT2D eigenvalue weighted by Crippen LogP contribution is -2.57. The average molecular weight is 360 g/mol. The molecule has 3 aliphatic heterocycles. The summed E-state index contributed by atoms with van der Waals surface area (Å²) in [6, 6.07) is 3.48. The largest absolute Gasteiger partial charge is 0.496 e. The summed E-state index contributed by atoms with van der Waals surface area (Å²) in [4.78, 5) is 17.2. The highest BCUT2D eigenvalue weighted by Crippen LogP contribution is 2.33. The zero-order valence-corrected chi connectivity index (χ0v) is 15.0. The third-order valence-corrected chi connectivity index (χ3v) is 5.32. The summed E-state index contributed by atoms with van der Waals surface area (Å²) in [7, 11) is 3.41. The van der Waals surface area contributed by atoms with Crippen molar-refractivity contribution in [3.05, 3.63) is 22.7 Å². The van der Waals surface area contributed by atoms with Crippen LogP contribution in [0.4, 0.5) is 5.69 Å². The van der Waals surface area contributed by atoms with E-state index in [-0.39, 0.29) is 24.4 Å². The highest BCUT2D eigenvalue weighted by atomic mass is 35.5. The van der Waals surface area contributed by atoms with Crippen LogP contribution in [0, 0.1) is 5.92 Å². The molecule has 128 valence electrons. The molecule has 3 saturated heterocycles. The van der Waals surface area contributed by atoms with Crippen LogP contribution in [0.3, 0.4) is 0 Å². The van der Waals surface area contributed by atoms with Crippen molar-refractivity contribution >= 4 is 35.6 Å². The fourth-order valence-corrected chi connectivity index (χ4v) is 3.78. The number of fused-ring (bicyclic) bond motifs is 3. The molecule has 23 heavy (non-hydrogen) atoms. The Labute approximate surface area is 148 Å². The number of carbonyl (C=O) groups excluding carboxylic acids is 1. The number of benzene rings is 1. The van der Waals surface area contributed by atoms with E-state index < -0.39 is 0 Å². The number of carbonyl (C=O) groups is 1. The van der Waals surface area contributed by atoms with Gasteiger partial charge in [-0.15, -0.1) is 12.4 Å². The standard InChI is InChI=1S/C16H22ClN3O2.ClH/c1-19(14-9-20-5-3-10(14)4-6-20)16(21)11-7-12(17)13(18)8-15(11)22-2;/h7-8,10,14H,3-6,9,18H2,1-2H3;1H. The molecule has 4 rings (SSSR count). The van der Waals surface area contributed by atoms with Crippen molar-refractivity contribution in [2.75, 3.05) is 39.5 Å². The molecule has 0 aromatic heterocycles. The number of methoxy groups -OCH3 is 1. The Bertz CT molecular complexity index is 589. The molecule has 5 nitrogen and oxygen atoms in total. The molecule has 1 amide bonds. The number of amides is 1. The van der Waals surface area contributed by atoms with Gasteiger partial charge in [-0.25, -0.2) is 0 Å². The van der Waals surface area contributed by atoms with E-state index >= 15 is 0 Å². The maximum Gasteiger partial charge on any atom is 0.257 e. The highest BCUT2D eigenvalue weighted by Gasteiger charge is 2.38. The van der Waals surface area contributed by atoms with Gasteiger partial charge in [0.05, 0.1) is 23.4 Å². The Balaban J connectivity index is 0.00000192. The molecule has 0 spiro atoms. The molecular formula is C16H23Cl2N3O2. The Hall–Kier alpha value is -1.17. The number of hydrogen-bond acceptors (Lipinski definition) is 4. The summed E-state index contributed by atoms with van der Waals surface area (Å²) in [5.74, 6) is 1.01. The second-order valence-corrected chi connectivity index (χ2v) is 6.60. The maximum atomic E-state index is 12.9. The van der Waals surface area contributed by atoms with E-state index in [2.05, 4.69) is 4.90 Å². The molecule has 3 fully saturated rings. The summed E-state index contributed by atoms with van der Waals surface area (Å²) < 4.78 is 5.31. The summed E-state index contributed by atoms with van der Waals surface area (Å²) in [5.41, 5.74) is 6.68. The first-order valence-electron chi connectivity index (χ1n) is 7.63. The van der Waals surface area contributed by atoms with Gasteiger partial charge in [-0.2, -0.15) is 0 Å². The smallest absolute Gasteiger partial charge is 0.257 e. The highest BCUT2D eigenvalue weighted by molar-refractivity contribution is 6.33. The van der Waals surface area contributed by atoms with Gasteiger partial charge in [-0.3, -0.25) is 4.79 Å². The van der Waals surface area contributed by atoms with Crippen molar-refractivity contribution in [2.24, 2.45) is 5.92 Å². The van der Waals surface area contributed by atoms with E-state index in [9.17, 15) is 4.79 Å². The Morgan fingerprint density at radius 2 is 2.04 bits per heavy atom. The zero-order chi connectivity index (χ0) is 15.9. The van der Waals surface area contributed by atoms with Crippen LogP contribution in [0.25, 0.3) is 0 Å². The average Bonchev–Trinajstić information content (AvgIpc) is 2.56. The van der Waals surface area contributed by atoms with E-state index in [1.165, 1.54) is 20.0 Å². The minimum absolute atomic E-state index is 0. The van der Waals surface area contributed by atoms with Crippen LogP contribution in [0.2, 0.25) is 5.02 Å². The van der Waals surface area contributed by atoms with Crippen molar-refractivity contribution in [1.82, 2.24) is 9.80 Å². The van der Waals surface area contributed by atoms with Gasteiger partial charge in [-0.1, -0.05) is 11.6 Å². The van der Waals surface area contributed by atoms with Crippen LogP contribution < -0.4 is 10.5 Å². The van der Waals surface area contributed by atoms with Gasteiger partial charge in [0.25, 0.3) is 5.91 Å². The van der Waals surface area contributed by atoms with E-state index in [1.54, 1.807) is 12.1 Å². The Morgan fingerprint density at radius 1 is 1.39 bits per heavy atom. The number of nitrogens with two attached hydrogens (primary N) is 1. The molecule has 7 heteroatoms. The Morgan fingerprint density at radius 3 is 2.57 bits per heavy atom. The van der Waals surface area contributed by atoms with Gasteiger partial charge < -0.3 is 20.3 Å².